The van der Waals surface area contributed by atoms with Crippen molar-refractivity contribution in [1.82, 2.24) is 0 Å². The minimum atomic E-state index is -0.583. The van der Waals surface area contributed by atoms with Crippen molar-refractivity contribution in [1.29, 1.82) is 5.26 Å². The predicted molar refractivity (Wildman–Crippen MR) is 248 cm³/mol. The SMILES string of the molecule is CC#N.O.O.O.O=C(Nc1ccccc1)c1cc2ccccc2c(N=Nc2cc(Cl)ccc2[O-])c1[O-].O=C(Nc1ccccc1)c1cc2ccccc2c(N=Nc2cc(Cl)ccc2[O-])c1[O-].[Fe+3].[Na+]. The van der Waals surface area contributed by atoms with Crippen LogP contribution in [0.4, 0.5) is 34.1 Å². The molecule has 8 N–H and O–H groups in total. The van der Waals surface area contributed by atoms with Crippen molar-refractivity contribution >= 4 is 90.7 Å². The molecule has 0 aromatic heterocycles. The van der Waals surface area contributed by atoms with Gasteiger partial charge in [-0.3, -0.25) is 9.59 Å². The van der Waals surface area contributed by atoms with Gasteiger partial charge in [-0.25, -0.2) is 0 Å². The molecule has 0 aliphatic carbocycles. The molecule has 0 atom stereocenters. The number of fused-ring (bicyclic) bond motifs is 2. The number of azo groups is 2. The fraction of sp³-hybridized carbons (Fsp3) is 0.0208. The Morgan fingerprint density at radius 1 is 0.515 bits per heavy atom. The number of carbonyl (C=O) groups excluding carboxylic acids is 2. The first-order valence-corrected chi connectivity index (χ1v) is 19.5. The molecule has 0 spiro atoms. The van der Waals surface area contributed by atoms with Crippen LogP contribution in [0.2, 0.25) is 10.0 Å². The van der Waals surface area contributed by atoms with Crippen molar-refractivity contribution in [3.63, 3.8) is 0 Å². The standard InChI is InChI=1S/2C23H16ClN3O3.C2H3N.Fe.Na.3H2O/c2*24-15-10-11-20(28)19(13-15)26-27-21-17-9-5-4-6-14(17)12-18(22(21)29)23(30)25-16-7-2-1-3-8-16;1-2-3;;;;;/h2*1-13,28-29H,(H,25,30);1H3;;;3*1H2/q;;;+3;+1;;;/p-4. The molecule has 0 unspecified atom stereocenters. The van der Waals surface area contributed by atoms with Gasteiger partial charge in [0.15, 0.2) is 0 Å². The molecule has 0 heterocycles. The number of hydrogen-bond donors (Lipinski definition) is 2. The fourth-order valence-electron chi connectivity index (χ4n) is 5.94. The number of amides is 2. The average molecular weight is 1010 g/mol. The Labute approximate surface area is 431 Å². The van der Waals surface area contributed by atoms with E-state index in [1.165, 1.54) is 55.5 Å². The molecule has 0 fully saturated rings. The van der Waals surface area contributed by atoms with Crippen LogP contribution >= 0.6 is 23.2 Å². The summed E-state index contributed by atoms with van der Waals surface area (Å²) in [5.41, 5.74) is 0.952. The summed E-state index contributed by atoms with van der Waals surface area (Å²) in [7, 11) is 0. The van der Waals surface area contributed by atoms with Crippen molar-refractivity contribution in [2.45, 2.75) is 6.92 Å². The maximum atomic E-state index is 13.1. The van der Waals surface area contributed by atoms with Crippen molar-refractivity contribution in [2.75, 3.05) is 10.6 Å². The van der Waals surface area contributed by atoms with E-state index >= 15 is 0 Å². The largest absolute Gasteiger partial charge is 3.00 e. The third-order valence-corrected chi connectivity index (χ3v) is 9.33. The van der Waals surface area contributed by atoms with Gasteiger partial charge >= 0.3 is 46.6 Å². The molecule has 341 valence electrons. The van der Waals surface area contributed by atoms with Crippen molar-refractivity contribution in [2.24, 2.45) is 20.5 Å². The second-order valence-electron chi connectivity index (χ2n) is 13.1. The zero-order valence-electron chi connectivity index (χ0n) is 35.8. The Morgan fingerprint density at radius 3 is 1.19 bits per heavy atom. The third kappa shape index (κ3) is 15.1. The van der Waals surface area contributed by atoms with Crippen molar-refractivity contribution < 1.29 is 93.1 Å². The van der Waals surface area contributed by atoms with Gasteiger partial charge in [0.25, 0.3) is 11.8 Å². The van der Waals surface area contributed by atoms with E-state index < -0.39 is 23.3 Å². The summed E-state index contributed by atoms with van der Waals surface area (Å²) in [6.07, 6.45) is 0. The van der Waals surface area contributed by atoms with Gasteiger partial charge < -0.3 is 47.5 Å². The number of benzene rings is 8. The van der Waals surface area contributed by atoms with Gasteiger partial charge in [-0.2, -0.15) is 25.7 Å². The Bertz CT molecular complexity index is 2880. The van der Waals surface area contributed by atoms with Crippen LogP contribution in [0.5, 0.6) is 23.0 Å². The van der Waals surface area contributed by atoms with Crippen LogP contribution in [-0.4, -0.2) is 28.2 Å². The summed E-state index contributed by atoms with van der Waals surface area (Å²) in [6, 6.07) is 44.7. The van der Waals surface area contributed by atoms with E-state index in [-0.39, 0.29) is 108 Å². The molecule has 20 heteroatoms. The van der Waals surface area contributed by atoms with Crippen molar-refractivity contribution in [3.8, 4) is 29.1 Å². The first-order chi connectivity index (χ1) is 30.5. The number of nitrogens with zero attached hydrogens (tertiary/aromatic N) is 5. The van der Waals surface area contributed by atoms with E-state index in [1.54, 1.807) is 103 Å². The van der Waals surface area contributed by atoms with Gasteiger partial charge in [0, 0.05) is 50.2 Å². The summed E-state index contributed by atoms with van der Waals surface area (Å²) >= 11 is 11.8. The minimum absolute atomic E-state index is 0. The molecular formula is C48H37Cl2FeN7NaO9. The molecule has 0 saturated heterocycles. The maximum Gasteiger partial charge on any atom is 3.00 e. The van der Waals surface area contributed by atoms with Crippen LogP contribution in [0.25, 0.3) is 21.5 Å². The minimum Gasteiger partial charge on any atom is -0.871 e. The predicted octanol–water partition coefficient (Wildman–Crippen LogP) is 5.67. The van der Waals surface area contributed by atoms with E-state index in [4.69, 9.17) is 28.5 Å². The number of hydrogen-bond acceptors (Lipinski definition) is 11. The summed E-state index contributed by atoms with van der Waals surface area (Å²) < 4.78 is 0. The molecule has 8 aromatic carbocycles. The second-order valence-corrected chi connectivity index (χ2v) is 14.0. The molecule has 68 heavy (non-hydrogen) atoms. The summed E-state index contributed by atoms with van der Waals surface area (Å²) in [4.78, 5) is 25.5. The number of halogens is 2. The Morgan fingerprint density at radius 2 is 0.838 bits per heavy atom. The van der Waals surface area contributed by atoms with E-state index in [0.717, 1.165) is 0 Å². The summed E-state index contributed by atoms with van der Waals surface area (Å²) in [5.74, 6) is -3.03. The van der Waals surface area contributed by atoms with Gasteiger partial charge in [0.1, 0.15) is 0 Å². The zero-order valence-corrected chi connectivity index (χ0v) is 40.4. The van der Waals surface area contributed by atoms with Crippen LogP contribution in [0.15, 0.2) is 178 Å². The Balaban J connectivity index is 0.000000601. The van der Waals surface area contributed by atoms with Gasteiger partial charge in [-0.05, 0) is 71.4 Å². The van der Waals surface area contributed by atoms with Crippen LogP contribution in [0.1, 0.15) is 27.6 Å². The number of nitriles is 1. The molecule has 1 radical (unpaired) electrons. The molecule has 0 aliphatic rings. The molecule has 0 saturated carbocycles. The van der Waals surface area contributed by atoms with Crippen LogP contribution in [-0.2, 0) is 17.1 Å². The quantitative estimate of drug-likeness (QED) is 0.142. The van der Waals surface area contributed by atoms with Crippen LogP contribution in [0, 0.1) is 11.3 Å². The van der Waals surface area contributed by atoms with Gasteiger partial charge in [-0.1, -0.05) is 143 Å². The Kier molecular flexibility index (Phi) is 24.6. The smallest absolute Gasteiger partial charge is 0.871 e. The van der Waals surface area contributed by atoms with E-state index in [1.807, 2.05) is 12.1 Å². The van der Waals surface area contributed by atoms with E-state index in [9.17, 15) is 30.0 Å². The molecular weight excluding hydrogens is 968 g/mol. The maximum absolute atomic E-state index is 13.1. The molecule has 0 bridgehead atoms. The first-order valence-electron chi connectivity index (χ1n) is 18.7. The van der Waals surface area contributed by atoms with Crippen LogP contribution < -0.4 is 60.6 Å². The topological polar surface area (TPSA) is 318 Å². The van der Waals surface area contributed by atoms with Gasteiger partial charge in [0.2, 0.25) is 0 Å². The zero-order chi connectivity index (χ0) is 44.9. The monoisotopic (exact) mass is 1000 g/mol. The van der Waals surface area contributed by atoms with E-state index in [2.05, 4.69) is 31.1 Å². The Hall–Kier alpha value is -6.91. The summed E-state index contributed by atoms with van der Waals surface area (Å²) in [5, 5.41) is 81.7. The fourth-order valence-corrected chi connectivity index (χ4v) is 6.27. The van der Waals surface area contributed by atoms with Gasteiger partial charge in [-0.15, -0.1) is 0 Å². The third-order valence-electron chi connectivity index (χ3n) is 8.86. The van der Waals surface area contributed by atoms with Crippen molar-refractivity contribution in [3.05, 3.63) is 179 Å². The van der Waals surface area contributed by atoms with E-state index in [0.29, 0.717) is 43.0 Å². The molecule has 0 aliphatic heterocycles. The molecule has 8 aromatic rings. The molecule has 16 nitrogen and oxygen atoms in total. The number of nitrogens with one attached hydrogen (secondary N) is 2. The summed E-state index contributed by atoms with van der Waals surface area (Å²) in [6.45, 7) is 1.43. The van der Waals surface area contributed by atoms with Crippen LogP contribution in [0.3, 0.4) is 0 Å². The molecule has 2 amide bonds. The first kappa shape index (κ1) is 59.1. The molecule has 8 rings (SSSR count). The second kappa shape index (κ2) is 28.3. The number of carbonyl (C=O) groups is 2. The number of rotatable bonds is 8. The average Bonchev–Trinajstić information content (AvgIpc) is 3.28. The van der Waals surface area contributed by atoms with Gasteiger partial charge in [0.05, 0.1) is 28.8 Å². The normalized spacial score (nSPS) is 9.91. The number of anilines is 2. The number of para-hydroxylation sites is 2.